The Labute approximate surface area is 164 Å². The van der Waals surface area contributed by atoms with E-state index in [-0.39, 0.29) is 11.7 Å². The summed E-state index contributed by atoms with van der Waals surface area (Å²) < 4.78 is 2.68. The molecule has 26 heavy (non-hydrogen) atoms. The number of hydrogen-bond acceptors (Lipinski definition) is 5. The highest BCUT2D eigenvalue weighted by Crippen LogP contribution is 2.23. The lowest BCUT2D eigenvalue weighted by Crippen LogP contribution is -2.14. The standard InChI is InChI=1S/C18H18BrN5OS/c1-11-5-4-6-16(13(11)3)24-18(21-22-23-24)26-10-17(25)20-14-7-8-15(19)12(2)9-14/h4-9H,10H2,1-3H3,(H,20,25). The molecule has 0 atom stereocenters. The molecule has 8 heteroatoms. The average molecular weight is 432 g/mol. The number of carbonyl (C=O) groups is 1. The van der Waals surface area contributed by atoms with E-state index in [0.29, 0.717) is 5.16 Å². The van der Waals surface area contributed by atoms with Gasteiger partial charge in [-0.1, -0.05) is 39.8 Å². The number of carbonyl (C=O) groups excluding carboxylic acids is 1. The van der Waals surface area contributed by atoms with E-state index in [9.17, 15) is 4.79 Å². The molecule has 0 fully saturated rings. The summed E-state index contributed by atoms with van der Waals surface area (Å²) in [7, 11) is 0. The number of thioether (sulfide) groups is 1. The van der Waals surface area contributed by atoms with Crippen molar-refractivity contribution in [3.63, 3.8) is 0 Å². The summed E-state index contributed by atoms with van der Waals surface area (Å²) in [6, 6.07) is 11.7. The molecule has 1 amide bonds. The second-order valence-corrected chi connectivity index (χ2v) is 7.69. The van der Waals surface area contributed by atoms with Crippen molar-refractivity contribution in [2.45, 2.75) is 25.9 Å². The summed E-state index contributed by atoms with van der Waals surface area (Å²) in [5.74, 6) is 0.118. The van der Waals surface area contributed by atoms with Gasteiger partial charge in [0, 0.05) is 10.2 Å². The minimum absolute atomic E-state index is 0.104. The van der Waals surface area contributed by atoms with Crippen molar-refractivity contribution in [3.8, 4) is 5.69 Å². The number of anilines is 1. The highest BCUT2D eigenvalue weighted by molar-refractivity contribution is 9.10. The maximum Gasteiger partial charge on any atom is 0.234 e. The lowest BCUT2D eigenvalue weighted by Gasteiger charge is -2.10. The zero-order valence-electron chi connectivity index (χ0n) is 14.7. The van der Waals surface area contributed by atoms with Crippen LogP contribution < -0.4 is 5.32 Å². The molecule has 134 valence electrons. The number of nitrogens with one attached hydrogen (secondary N) is 1. The molecule has 6 nitrogen and oxygen atoms in total. The van der Waals surface area contributed by atoms with Gasteiger partial charge in [0.2, 0.25) is 11.1 Å². The highest BCUT2D eigenvalue weighted by atomic mass is 79.9. The van der Waals surface area contributed by atoms with Crippen LogP contribution in [-0.2, 0) is 4.79 Å². The minimum atomic E-state index is -0.104. The van der Waals surface area contributed by atoms with Gasteiger partial charge in [-0.25, -0.2) is 0 Å². The Kier molecular flexibility index (Phi) is 5.73. The first-order valence-corrected chi connectivity index (χ1v) is 9.77. The van der Waals surface area contributed by atoms with Crippen molar-refractivity contribution in [3.05, 3.63) is 57.6 Å². The van der Waals surface area contributed by atoms with Gasteiger partial charge in [-0.05, 0) is 72.2 Å². The van der Waals surface area contributed by atoms with Gasteiger partial charge >= 0.3 is 0 Å². The molecule has 0 spiro atoms. The van der Waals surface area contributed by atoms with Crippen LogP contribution in [0.1, 0.15) is 16.7 Å². The highest BCUT2D eigenvalue weighted by Gasteiger charge is 2.14. The van der Waals surface area contributed by atoms with Crippen LogP contribution >= 0.6 is 27.7 Å². The monoisotopic (exact) mass is 431 g/mol. The number of amides is 1. The molecular formula is C18H18BrN5OS. The summed E-state index contributed by atoms with van der Waals surface area (Å²) in [6.07, 6.45) is 0. The normalized spacial score (nSPS) is 10.8. The Morgan fingerprint density at radius 2 is 2.00 bits per heavy atom. The fourth-order valence-electron chi connectivity index (χ4n) is 2.43. The number of rotatable bonds is 5. The van der Waals surface area contributed by atoms with Crippen LogP contribution in [0, 0.1) is 20.8 Å². The molecule has 3 rings (SSSR count). The number of tetrazole rings is 1. The Hall–Kier alpha value is -2.19. The molecule has 1 aromatic heterocycles. The van der Waals surface area contributed by atoms with Crippen molar-refractivity contribution in [1.82, 2.24) is 20.2 Å². The van der Waals surface area contributed by atoms with Crippen LogP contribution in [0.3, 0.4) is 0 Å². The first-order chi connectivity index (χ1) is 12.5. The number of hydrogen-bond donors (Lipinski definition) is 1. The van der Waals surface area contributed by atoms with Gasteiger partial charge in [-0.15, -0.1) is 5.10 Å². The van der Waals surface area contributed by atoms with E-state index in [4.69, 9.17) is 0 Å². The van der Waals surface area contributed by atoms with Gasteiger partial charge < -0.3 is 5.32 Å². The van der Waals surface area contributed by atoms with Crippen LogP contribution in [0.5, 0.6) is 0 Å². The molecule has 0 saturated heterocycles. The summed E-state index contributed by atoms with van der Waals surface area (Å²) in [6.45, 7) is 6.06. The maximum absolute atomic E-state index is 12.3. The number of aryl methyl sites for hydroxylation is 2. The predicted molar refractivity (Wildman–Crippen MR) is 107 cm³/mol. The van der Waals surface area contributed by atoms with Gasteiger partial charge in [-0.2, -0.15) is 4.68 Å². The molecule has 2 aromatic carbocycles. The molecule has 0 aliphatic rings. The summed E-state index contributed by atoms with van der Waals surface area (Å²) >= 11 is 4.76. The van der Waals surface area contributed by atoms with Crippen molar-refractivity contribution in [1.29, 1.82) is 0 Å². The number of halogens is 1. The summed E-state index contributed by atoms with van der Waals surface area (Å²) in [4.78, 5) is 12.3. The third kappa shape index (κ3) is 4.13. The van der Waals surface area contributed by atoms with E-state index in [1.165, 1.54) is 11.8 Å². The SMILES string of the molecule is Cc1cc(NC(=O)CSc2nnnn2-c2cccc(C)c2C)ccc1Br. The topological polar surface area (TPSA) is 72.7 Å². The Morgan fingerprint density at radius 1 is 1.19 bits per heavy atom. The van der Waals surface area contributed by atoms with Crippen molar-refractivity contribution in [2.24, 2.45) is 0 Å². The molecule has 1 heterocycles. The maximum atomic E-state index is 12.3. The zero-order chi connectivity index (χ0) is 18.7. The second kappa shape index (κ2) is 8.01. The van der Waals surface area contributed by atoms with E-state index in [1.54, 1.807) is 4.68 Å². The molecule has 1 N–H and O–H groups in total. The Morgan fingerprint density at radius 3 is 2.77 bits per heavy atom. The summed E-state index contributed by atoms with van der Waals surface area (Å²) in [5.41, 5.74) is 5.02. The van der Waals surface area contributed by atoms with Gasteiger partial charge in [-0.3, -0.25) is 4.79 Å². The number of nitrogens with zero attached hydrogens (tertiary/aromatic N) is 4. The fraction of sp³-hybridized carbons (Fsp3) is 0.222. The van der Waals surface area contributed by atoms with E-state index in [0.717, 1.165) is 32.5 Å². The lowest BCUT2D eigenvalue weighted by molar-refractivity contribution is -0.113. The van der Waals surface area contributed by atoms with E-state index in [1.807, 2.05) is 57.2 Å². The van der Waals surface area contributed by atoms with Gasteiger partial charge in [0.15, 0.2) is 0 Å². The first-order valence-electron chi connectivity index (χ1n) is 7.99. The quantitative estimate of drug-likeness (QED) is 0.616. The van der Waals surface area contributed by atoms with Crippen molar-refractivity contribution in [2.75, 3.05) is 11.1 Å². The van der Waals surface area contributed by atoms with E-state index in [2.05, 4.69) is 36.8 Å². The van der Waals surface area contributed by atoms with Crippen LogP contribution in [0.4, 0.5) is 5.69 Å². The van der Waals surface area contributed by atoms with Gasteiger partial charge in [0.1, 0.15) is 0 Å². The molecule has 0 saturated carbocycles. The van der Waals surface area contributed by atoms with Crippen molar-refractivity contribution < 1.29 is 4.79 Å². The average Bonchev–Trinajstić information content (AvgIpc) is 3.07. The number of aromatic nitrogens is 4. The predicted octanol–water partition coefficient (Wildman–Crippen LogP) is 4.08. The first kappa shape index (κ1) is 18.6. The van der Waals surface area contributed by atoms with Crippen LogP contribution in [0.15, 0.2) is 46.0 Å². The third-order valence-electron chi connectivity index (χ3n) is 4.02. The summed E-state index contributed by atoms with van der Waals surface area (Å²) in [5, 5.41) is 15.4. The molecule has 0 aliphatic carbocycles. The smallest absolute Gasteiger partial charge is 0.234 e. The number of benzene rings is 2. The van der Waals surface area contributed by atoms with E-state index < -0.39 is 0 Å². The molecule has 3 aromatic rings. The van der Waals surface area contributed by atoms with Gasteiger partial charge in [0.25, 0.3) is 0 Å². The van der Waals surface area contributed by atoms with Crippen LogP contribution in [-0.4, -0.2) is 31.9 Å². The molecular weight excluding hydrogens is 414 g/mol. The van der Waals surface area contributed by atoms with Crippen LogP contribution in [0.25, 0.3) is 5.69 Å². The Bertz CT molecular complexity index is 957. The molecule has 0 unspecified atom stereocenters. The van der Waals surface area contributed by atoms with Crippen LogP contribution in [0.2, 0.25) is 0 Å². The lowest BCUT2D eigenvalue weighted by atomic mass is 10.1. The van der Waals surface area contributed by atoms with Crippen molar-refractivity contribution >= 4 is 39.3 Å². The second-order valence-electron chi connectivity index (χ2n) is 5.89. The van der Waals surface area contributed by atoms with Gasteiger partial charge in [0.05, 0.1) is 11.4 Å². The Balaban J connectivity index is 1.69. The van der Waals surface area contributed by atoms with E-state index >= 15 is 0 Å². The molecule has 0 aliphatic heterocycles. The minimum Gasteiger partial charge on any atom is -0.325 e. The largest absolute Gasteiger partial charge is 0.325 e. The third-order valence-corrected chi connectivity index (χ3v) is 5.83. The molecule has 0 radical (unpaired) electrons. The fourth-order valence-corrected chi connectivity index (χ4v) is 3.37. The zero-order valence-corrected chi connectivity index (χ0v) is 17.1. The molecule has 0 bridgehead atoms.